The van der Waals surface area contributed by atoms with Crippen molar-refractivity contribution in [2.75, 3.05) is 0 Å². The first-order valence-corrected chi connectivity index (χ1v) is 4.72. The molecule has 0 N–H and O–H groups in total. The van der Waals surface area contributed by atoms with Crippen molar-refractivity contribution >= 4 is 49.0 Å². The Kier molecular flexibility index (Phi) is 38.8. The third-order valence-corrected chi connectivity index (χ3v) is 1.00. The summed E-state index contributed by atoms with van der Waals surface area (Å²) in [6.45, 7) is 0. The first-order chi connectivity index (χ1) is 4.06. The van der Waals surface area contributed by atoms with Crippen molar-refractivity contribution < 1.29 is 76.6 Å². The second-order valence-electron chi connectivity index (χ2n) is 0.492. The van der Waals surface area contributed by atoms with Crippen LogP contribution in [0.5, 0.6) is 0 Å². The normalized spacial score (nSPS) is 11.5. The molecule has 0 aliphatic carbocycles. The van der Waals surface area contributed by atoms with Gasteiger partial charge in [0.1, 0.15) is 0 Å². The molecule has 0 rings (SSSR count). The molecular formula is CNa2O4S4. The molecular weight excluding hydrogens is 250 g/mol. The Morgan fingerprint density at radius 1 is 1.00 bits per heavy atom. The average Bonchev–Trinajstić information content (AvgIpc) is 1.68. The predicted molar refractivity (Wildman–Crippen MR) is 38.0 cm³/mol. The van der Waals surface area contributed by atoms with Gasteiger partial charge in [0.25, 0.3) is 0 Å². The summed E-state index contributed by atoms with van der Waals surface area (Å²) >= 11 is 7.92. The van der Waals surface area contributed by atoms with Crippen LogP contribution in [0.15, 0.2) is 0 Å². The van der Waals surface area contributed by atoms with Crippen molar-refractivity contribution in [3.63, 3.8) is 0 Å². The van der Waals surface area contributed by atoms with Crippen LogP contribution in [0.2, 0.25) is 0 Å². The molecule has 54 valence electrons. The van der Waals surface area contributed by atoms with Crippen molar-refractivity contribution in [1.82, 2.24) is 0 Å². The van der Waals surface area contributed by atoms with Crippen molar-refractivity contribution in [2.24, 2.45) is 0 Å². The molecule has 0 amide bonds. The minimum atomic E-state index is -2.95. The number of hydrogen-bond donors (Lipinski definition) is 0. The van der Waals surface area contributed by atoms with Crippen LogP contribution in [-0.4, -0.2) is 21.8 Å². The molecule has 0 saturated heterocycles. The van der Waals surface area contributed by atoms with Gasteiger partial charge in [-0.15, -0.1) is 0 Å². The zero-order valence-electron chi connectivity index (χ0n) is 5.77. The van der Waals surface area contributed by atoms with Gasteiger partial charge in [0.05, 0.1) is 0 Å². The molecule has 0 saturated carbocycles. The van der Waals surface area contributed by atoms with Crippen molar-refractivity contribution in [2.45, 2.75) is 0 Å². The maximum absolute atomic E-state index is 9.09. The van der Waals surface area contributed by atoms with E-state index in [0.717, 1.165) is 0 Å². The smallest absolute Gasteiger partial charge is 0.763 e. The zero-order chi connectivity index (χ0) is 7.86. The molecule has 0 aliphatic heterocycles. The Labute approximate surface area is 123 Å². The number of thiocarbonyl (C=S) groups is 2. The van der Waals surface area contributed by atoms with Gasteiger partial charge in [0, 0.05) is 24.5 Å². The molecule has 4 nitrogen and oxygen atoms in total. The van der Waals surface area contributed by atoms with Crippen molar-refractivity contribution in [3.8, 4) is 0 Å². The summed E-state index contributed by atoms with van der Waals surface area (Å²) < 4.78 is 38.3. The van der Waals surface area contributed by atoms with Crippen molar-refractivity contribution in [1.29, 1.82) is 0 Å². The fourth-order valence-corrected chi connectivity index (χ4v) is 0. The van der Waals surface area contributed by atoms with Gasteiger partial charge in [0.15, 0.2) is 0 Å². The van der Waals surface area contributed by atoms with Crippen LogP contribution in [-0.2, 0) is 20.2 Å². The van der Waals surface area contributed by atoms with Crippen molar-refractivity contribution in [3.05, 3.63) is 0 Å². The molecule has 0 fully saturated rings. The molecule has 0 spiro atoms. The molecule has 10 heteroatoms. The minimum absolute atomic E-state index is 0. The van der Waals surface area contributed by atoms with E-state index in [0.29, 0.717) is 0 Å². The van der Waals surface area contributed by atoms with E-state index in [1.807, 2.05) is 4.31 Å². The van der Waals surface area contributed by atoms with E-state index in [1.54, 1.807) is 0 Å². The molecule has 0 heterocycles. The van der Waals surface area contributed by atoms with Gasteiger partial charge in [-0.1, -0.05) is 0 Å². The first-order valence-electron chi connectivity index (χ1n) is 1.24. The van der Waals surface area contributed by atoms with Gasteiger partial charge in [-0.2, -0.15) is 0 Å². The van der Waals surface area contributed by atoms with Gasteiger partial charge in [0.2, 0.25) is 0 Å². The fraction of sp³-hybridized carbons (Fsp3) is 0. The summed E-state index contributed by atoms with van der Waals surface area (Å²) in [5.74, 6) is 0. The Morgan fingerprint density at radius 2 is 1.09 bits per heavy atom. The summed E-state index contributed by atoms with van der Waals surface area (Å²) in [6.07, 6.45) is 0. The molecule has 2 unspecified atom stereocenters. The van der Waals surface area contributed by atoms with Crippen LogP contribution in [0.1, 0.15) is 0 Å². The van der Waals surface area contributed by atoms with E-state index < -0.39 is 20.2 Å². The number of hydrogen-bond acceptors (Lipinski definition) is 6. The van der Waals surface area contributed by atoms with Crippen LogP contribution in [0, 0.1) is 0 Å². The second kappa shape index (κ2) is 18.3. The first kappa shape index (κ1) is 23.3. The Balaban J connectivity index is -0.0000000437. The van der Waals surface area contributed by atoms with Crippen LogP contribution >= 0.6 is 24.4 Å². The topological polar surface area (TPSA) is 80.3 Å². The molecule has 0 bridgehead atoms. The maximum atomic E-state index is 9.09. The summed E-state index contributed by atoms with van der Waals surface area (Å²) in [7, 11) is -5.90. The van der Waals surface area contributed by atoms with E-state index in [-0.39, 0.29) is 59.1 Å². The largest absolute Gasteiger partial charge is 1.00 e. The summed E-state index contributed by atoms with van der Waals surface area (Å²) in [5.41, 5.74) is 0. The van der Waals surface area contributed by atoms with E-state index in [4.69, 9.17) is 17.5 Å². The van der Waals surface area contributed by atoms with Gasteiger partial charge >= 0.3 is 59.1 Å². The Hall–Kier alpha value is 2.44. The molecule has 11 heavy (non-hydrogen) atoms. The summed E-state index contributed by atoms with van der Waals surface area (Å²) in [4.78, 5) is 0. The quantitative estimate of drug-likeness (QED) is 0.199. The average molecular weight is 250 g/mol. The number of rotatable bonds is 1. The van der Waals surface area contributed by atoms with E-state index in [9.17, 15) is 0 Å². The third-order valence-electron chi connectivity index (χ3n) is 0.111. The second-order valence-corrected chi connectivity index (χ2v) is 3.61. The molecule has 2 atom stereocenters. The standard InChI is InChI=1S/CS2.2Na.H2O4S2/c2-1-3;;;1-5(2)6(3)4/h;;;(H,1,2)(H,3,4)/q;2*+1;/p-2. The molecule has 0 aromatic rings. The van der Waals surface area contributed by atoms with Crippen LogP contribution in [0.25, 0.3) is 0 Å². The van der Waals surface area contributed by atoms with Gasteiger partial charge < -0.3 is 9.11 Å². The Bertz CT molecular complexity index is 140. The summed E-state index contributed by atoms with van der Waals surface area (Å²) in [6, 6.07) is 0. The monoisotopic (exact) mass is 250 g/mol. The molecule has 0 aromatic carbocycles. The molecule has 0 aliphatic rings. The third kappa shape index (κ3) is 32.7. The van der Waals surface area contributed by atoms with Gasteiger partial charge in [-0.25, -0.2) is 0 Å². The Morgan fingerprint density at radius 3 is 1.09 bits per heavy atom. The van der Waals surface area contributed by atoms with Crippen LogP contribution in [0.4, 0.5) is 0 Å². The molecule has 0 radical (unpaired) electrons. The summed E-state index contributed by atoms with van der Waals surface area (Å²) in [5, 5.41) is 0. The van der Waals surface area contributed by atoms with E-state index in [2.05, 4.69) is 24.4 Å². The fourth-order valence-electron chi connectivity index (χ4n) is 0. The molecule has 0 aromatic heterocycles. The van der Waals surface area contributed by atoms with Gasteiger partial charge in [-0.05, 0) is 24.4 Å². The minimum Gasteiger partial charge on any atom is -0.763 e. The SMILES string of the molecule is O=S([O-])S(=O)[O-].S=C=S.[Na+].[Na+]. The van der Waals surface area contributed by atoms with Crippen LogP contribution in [0.3, 0.4) is 0 Å². The van der Waals surface area contributed by atoms with Gasteiger partial charge in [-0.3, -0.25) is 8.42 Å². The predicted octanol–water partition coefficient (Wildman–Crippen LogP) is -6.31. The zero-order valence-corrected chi connectivity index (χ0v) is 13.0. The maximum Gasteiger partial charge on any atom is 1.00 e. The van der Waals surface area contributed by atoms with E-state index >= 15 is 0 Å². The van der Waals surface area contributed by atoms with Crippen LogP contribution < -0.4 is 59.1 Å². The van der Waals surface area contributed by atoms with E-state index in [1.165, 1.54) is 0 Å².